The summed E-state index contributed by atoms with van der Waals surface area (Å²) < 4.78 is 29.4. The molecular weight excluding hydrogens is 286 g/mol. The molecule has 0 aromatic rings. The van der Waals surface area contributed by atoms with Crippen LogP contribution < -0.4 is 15.4 Å². The van der Waals surface area contributed by atoms with E-state index in [1.165, 1.54) is 14.0 Å². The Labute approximate surface area is 119 Å². The Bertz CT molecular complexity index is 447. The molecule has 9 heteroatoms. The van der Waals surface area contributed by atoms with Gasteiger partial charge in [-0.2, -0.15) is 0 Å². The van der Waals surface area contributed by atoms with E-state index in [9.17, 15) is 18.0 Å². The smallest absolute Gasteiger partial charge is 0.329 e. The Morgan fingerprint density at radius 1 is 1.30 bits per heavy atom. The van der Waals surface area contributed by atoms with E-state index in [1.807, 2.05) is 0 Å². The average molecular weight is 309 g/mol. The normalized spacial score (nSPS) is 13.7. The summed E-state index contributed by atoms with van der Waals surface area (Å²) >= 11 is 0. The molecule has 0 fully saturated rings. The summed E-state index contributed by atoms with van der Waals surface area (Å²) in [5, 5.41) is 5.38. The van der Waals surface area contributed by atoms with Crippen molar-refractivity contribution in [1.82, 2.24) is 15.4 Å². The monoisotopic (exact) mass is 309 g/mol. The molecule has 0 saturated heterocycles. The number of carbonyl (C=O) groups is 2. The van der Waals surface area contributed by atoms with Crippen LogP contribution in [0.1, 0.15) is 20.8 Å². The molecule has 0 aliphatic carbocycles. The van der Waals surface area contributed by atoms with Gasteiger partial charge in [0.25, 0.3) is 0 Å². The minimum absolute atomic E-state index is 0.140. The van der Waals surface area contributed by atoms with Crippen LogP contribution in [0.15, 0.2) is 0 Å². The third-order valence-corrected chi connectivity index (χ3v) is 3.16. The van der Waals surface area contributed by atoms with Crippen molar-refractivity contribution in [1.29, 1.82) is 0 Å². The summed E-state index contributed by atoms with van der Waals surface area (Å²) in [6.45, 7) is 5.12. The number of rotatable bonds is 8. The van der Waals surface area contributed by atoms with Gasteiger partial charge in [0.1, 0.15) is 6.04 Å². The second-order valence-electron chi connectivity index (χ2n) is 5.17. The molecule has 0 bridgehead atoms. The third kappa shape index (κ3) is 8.83. The van der Waals surface area contributed by atoms with E-state index in [0.717, 1.165) is 6.26 Å². The first-order chi connectivity index (χ1) is 8.97. The number of esters is 1. The van der Waals surface area contributed by atoms with Gasteiger partial charge in [-0.3, -0.25) is 4.79 Å². The Hall–Kier alpha value is -1.19. The lowest BCUT2D eigenvalue weighted by Crippen LogP contribution is -2.53. The van der Waals surface area contributed by atoms with E-state index in [2.05, 4.69) is 20.1 Å². The summed E-state index contributed by atoms with van der Waals surface area (Å²) in [6.07, 6.45) is 1.07. The van der Waals surface area contributed by atoms with Crippen LogP contribution in [0.5, 0.6) is 0 Å². The first-order valence-corrected chi connectivity index (χ1v) is 7.90. The minimum Gasteiger partial charge on any atom is -0.467 e. The van der Waals surface area contributed by atoms with Gasteiger partial charge in [0.05, 0.1) is 13.4 Å². The average Bonchev–Trinajstić information content (AvgIpc) is 2.22. The predicted molar refractivity (Wildman–Crippen MR) is 74.5 cm³/mol. The van der Waals surface area contributed by atoms with E-state index in [0.29, 0.717) is 0 Å². The van der Waals surface area contributed by atoms with Crippen molar-refractivity contribution >= 4 is 21.9 Å². The van der Waals surface area contributed by atoms with E-state index in [-0.39, 0.29) is 19.0 Å². The molecule has 0 rings (SSSR count). The highest BCUT2D eigenvalue weighted by molar-refractivity contribution is 7.88. The van der Waals surface area contributed by atoms with Gasteiger partial charge in [-0.05, 0) is 13.8 Å². The van der Waals surface area contributed by atoms with E-state index in [1.54, 1.807) is 13.8 Å². The van der Waals surface area contributed by atoms with Crippen LogP contribution in [0, 0.1) is 0 Å². The van der Waals surface area contributed by atoms with Crippen molar-refractivity contribution in [2.45, 2.75) is 32.4 Å². The zero-order valence-electron chi connectivity index (χ0n) is 12.4. The molecule has 1 atom stereocenters. The van der Waals surface area contributed by atoms with Crippen molar-refractivity contribution in [2.75, 3.05) is 26.5 Å². The lowest BCUT2D eigenvalue weighted by Gasteiger charge is -2.26. The molecule has 0 spiro atoms. The molecule has 0 heterocycles. The topological polar surface area (TPSA) is 114 Å². The molecular formula is C11H23N3O5S. The van der Waals surface area contributed by atoms with Crippen molar-refractivity contribution in [3.63, 3.8) is 0 Å². The van der Waals surface area contributed by atoms with Crippen LogP contribution >= 0.6 is 0 Å². The number of sulfonamides is 1. The van der Waals surface area contributed by atoms with Crippen molar-refractivity contribution in [3.8, 4) is 0 Å². The summed E-state index contributed by atoms with van der Waals surface area (Å²) in [4.78, 5) is 22.4. The molecule has 0 aliphatic heterocycles. The maximum absolute atomic E-state index is 11.4. The molecule has 1 amide bonds. The Morgan fingerprint density at radius 2 is 1.85 bits per heavy atom. The maximum Gasteiger partial charge on any atom is 0.329 e. The Balaban J connectivity index is 4.42. The van der Waals surface area contributed by atoms with Gasteiger partial charge >= 0.3 is 5.97 Å². The van der Waals surface area contributed by atoms with Crippen LogP contribution in [-0.2, 0) is 24.3 Å². The summed E-state index contributed by atoms with van der Waals surface area (Å²) in [7, 11) is -2.10. The molecule has 1 unspecified atom stereocenters. The fraction of sp³-hybridized carbons (Fsp3) is 0.818. The fourth-order valence-electron chi connectivity index (χ4n) is 1.65. The highest BCUT2D eigenvalue weighted by atomic mass is 32.2. The van der Waals surface area contributed by atoms with Crippen LogP contribution in [0.4, 0.5) is 0 Å². The Kier molecular flexibility index (Phi) is 7.11. The van der Waals surface area contributed by atoms with Crippen LogP contribution in [0.25, 0.3) is 0 Å². The van der Waals surface area contributed by atoms with Crippen molar-refractivity contribution < 1.29 is 22.7 Å². The van der Waals surface area contributed by atoms with Crippen LogP contribution in [0.3, 0.4) is 0 Å². The second-order valence-corrected chi connectivity index (χ2v) is 6.91. The summed E-state index contributed by atoms with van der Waals surface area (Å²) in [6, 6.07) is -0.813. The highest BCUT2D eigenvalue weighted by Crippen LogP contribution is 2.02. The van der Waals surface area contributed by atoms with Gasteiger partial charge in [0.2, 0.25) is 15.9 Å². The van der Waals surface area contributed by atoms with Gasteiger partial charge in [-0.1, -0.05) is 0 Å². The molecule has 0 aromatic heterocycles. The Morgan fingerprint density at radius 3 is 2.25 bits per heavy atom. The molecule has 118 valence electrons. The van der Waals surface area contributed by atoms with Crippen LogP contribution in [0.2, 0.25) is 0 Å². The number of nitrogens with one attached hydrogen (secondary N) is 3. The van der Waals surface area contributed by atoms with Crippen molar-refractivity contribution in [2.24, 2.45) is 0 Å². The first-order valence-electron chi connectivity index (χ1n) is 6.01. The van der Waals surface area contributed by atoms with Gasteiger partial charge < -0.3 is 15.4 Å². The third-order valence-electron chi connectivity index (χ3n) is 2.24. The molecule has 3 N–H and O–H groups in total. The van der Waals surface area contributed by atoms with E-state index < -0.39 is 27.6 Å². The SMILES string of the molecule is COC(=O)C(CNCC(C)(C)NS(C)(=O)=O)NC(C)=O. The molecule has 0 aromatic carbocycles. The van der Waals surface area contributed by atoms with E-state index >= 15 is 0 Å². The number of ether oxygens (including phenoxy) is 1. The summed E-state index contributed by atoms with van der Waals surface area (Å²) in [5.41, 5.74) is -0.718. The largest absolute Gasteiger partial charge is 0.467 e. The molecule has 0 aliphatic rings. The van der Waals surface area contributed by atoms with Gasteiger partial charge in [0.15, 0.2) is 0 Å². The second kappa shape index (κ2) is 7.55. The maximum atomic E-state index is 11.4. The zero-order valence-corrected chi connectivity index (χ0v) is 13.3. The van der Waals surface area contributed by atoms with Gasteiger partial charge in [-0.15, -0.1) is 0 Å². The van der Waals surface area contributed by atoms with Crippen LogP contribution in [-0.4, -0.2) is 58.3 Å². The lowest BCUT2D eigenvalue weighted by atomic mass is 10.1. The first kappa shape index (κ1) is 18.8. The quantitative estimate of drug-likeness (QED) is 0.474. The number of hydrogen-bond acceptors (Lipinski definition) is 6. The standard InChI is InChI=1S/C11H23N3O5S/c1-8(15)13-9(10(16)19-4)6-12-7-11(2,3)14-20(5,17)18/h9,12,14H,6-7H2,1-5H3,(H,13,15). The van der Waals surface area contributed by atoms with E-state index in [4.69, 9.17) is 0 Å². The summed E-state index contributed by atoms with van der Waals surface area (Å²) in [5.74, 6) is -0.919. The fourth-order valence-corrected chi connectivity index (χ4v) is 2.72. The molecule has 20 heavy (non-hydrogen) atoms. The predicted octanol–water partition coefficient (Wildman–Crippen LogP) is -1.42. The lowest BCUT2D eigenvalue weighted by molar-refractivity contribution is -0.144. The minimum atomic E-state index is -3.32. The van der Waals surface area contributed by atoms with Gasteiger partial charge in [0, 0.05) is 25.6 Å². The number of methoxy groups -OCH3 is 1. The highest BCUT2D eigenvalue weighted by Gasteiger charge is 2.24. The van der Waals surface area contributed by atoms with Gasteiger partial charge in [-0.25, -0.2) is 17.9 Å². The number of amides is 1. The zero-order chi connectivity index (χ0) is 16.0. The molecule has 8 nitrogen and oxygen atoms in total. The van der Waals surface area contributed by atoms with Crippen molar-refractivity contribution in [3.05, 3.63) is 0 Å². The molecule has 0 saturated carbocycles. The number of hydrogen-bond donors (Lipinski definition) is 3. The number of carbonyl (C=O) groups excluding carboxylic acids is 2. The molecule has 0 radical (unpaired) electrons.